The third kappa shape index (κ3) is 4.90. The number of ether oxygens (including phenoxy) is 1. The first-order valence-electron chi connectivity index (χ1n) is 11.9. The molecule has 1 aliphatic heterocycles. The molecule has 0 unspecified atom stereocenters. The molecule has 0 saturated carbocycles. The standard InChI is InChI=1S/C27H30N4O3/c1-2-34-26(32)9-10-30-11-13-31(14-12-30)18-19-7-8-24-21(15-19)17-25(28-24)22-16-20-5-3-4-6-23(20)29-27(22)33/h3-8,15-17,28H,2,9-14,18H2,1H3,(H,29,33). The molecule has 0 spiro atoms. The molecule has 176 valence electrons. The van der Waals surface area contributed by atoms with E-state index in [0.29, 0.717) is 18.6 Å². The molecule has 2 N–H and O–H groups in total. The highest BCUT2D eigenvalue weighted by molar-refractivity contribution is 5.89. The largest absolute Gasteiger partial charge is 0.466 e. The van der Waals surface area contributed by atoms with Gasteiger partial charge in [-0.3, -0.25) is 14.5 Å². The predicted molar refractivity (Wildman–Crippen MR) is 135 cm³/mol. The summed E-state index contributed by atoms with van der Waals surface area (Å²) < 4.78 is 5.03. The number of carbonyl (C=O) groups excluding carboxylic acids is 1. The van der Waals surface area contributed by atoms with E-state index in [-0.39, 0.29) is 11.5 Å². The van der Waals surface area contributed by atoms with Crippen LogP contribution in [0.4, 0.5) is 0 Å². The number of H-pyrrole nitrogens is 2. The zero-order chi connectivity index (χ0) is 23.5. The first-order chi connectivity index (χ1) is 16.6. The Labute approximate surface area is 198 Å². The van der Waals surface area contributed by atoms with Gasteiger partial charge >= 0.3 is 5.97 Å². The van der Waals surface area contributed by atoms with Crippen LogP contribution in [-0.2, 0) is 16.1 Å². The van der Waals surface area contributed by atoms with E-state index in [1.165, 1.54) is 5.56 Å². The van der Waals surface area contributed by atoms with Crippen molar-refractivity contribution in [2.24, 2.45) is 0 Å². The van der Waals surface area contributed by atoms with Gasteiger partial charge in [0.25, 0.3) is 5.56 Å². The van der Waals surface area contributed by atoms with E-state index in [0.717, 1.165) is 66.8 Å². The summed E-state index contributed by atoms with van der Waals surface area (Å²) in [6.07, 6.45) is 0.459. The number of rotatable bonds is 7. The van der Waals surface area contributed by atoms with Crippen LogP contribution in [0.1, 0.15) is 18.9 Å². The molecule has 0 aliphatic carbocycles. The van der Waals surface area contributed by atoms with Gasteiger partial charge in [0.2, 0.25) is 0 Å². The molecule has 7 nitrogen and oxygen atoms in total. The Morgan fingerprint density at radius 2 is 1.68 bits per heavy atom. The van der Waals surface area contributed by atoms with Crippen molar-refractivity contribution in [2.75, 3.05) is 39.3 Å². The molecule has 0 bridgehead atoms. The van der Waals surface area contributed by atoms with Crippen LogP contribution < -0.4 is 5.56 Å². The van der Waals surface area contributed by atoms with Crippen LogP contribution in [-0.4, -0.2) is 65.1 Å². The lowest BCUT2D eigenvalue weighted by molar-refractivity contribution is -0.143. The number of nitrogens with zero attached hydrogens (tertiary/aromatic N) is 2. The molecule has 5 rings (SSSR count). The predicted octanol–water partition coefficient (Wildman–Crippen LogP) is 3.75. The molecule has 34 heavy (non-hydrogen) atoms. The number of fused-ring (bicyclic) bond motifs is 2. The van der Waals surface area contributed by atoms with E-state index >= 15 is 0 Å². The summed E-state index contributed by atoms with van der Waals surface area (Å²) in [4.78, 5) is 35.4. The van der Waals surface area contributed by atoms with Gasteiger partial charge in [0.05, 0.1) is 24.3 Å². The first-order valence-corrected chi connectivity index (χ1v) is 11.9. The number of nitrogens with one attached hydrogen (secondary N) is 2. The number of para-hydroxylation sites is 1. The van der Waals surface area contributed by atoms with E-state index in [2.05, 4.69) is 44.0 Å². The van der Waals surface area contributed by atoms with E-state index in [1.807, 2.05) is 37.3 Å². The number of esters is 1. The Morgan fingerprint density at radius 1 is 0.912 bits per heavy atom. The number of carbonyl (C=O) groups is 1. The van der Waals surface area contributed by atoms with Crippen molar-refractivity contribution < 1.29 is 9.53 Å². The third-order valence-corrected chi connectivity index (χ3v) is 6.54. The normalized spacial score (nSPS) is 15.2. The Bertz CT molecular complexity index is 1370. The van der Waals surface area contributed by atoms with Gasteiger partial charge in [0, 0.05) is 55.7 Å². The van der Waals surface area contributed by atoms with Gasteiger partial charge in [-0.2, -0.15) is 0 Å². The van der Waals surface area contributed by atoms with Gasteiger partial charge in [0.1, 0.15) is 0 Å². The highest BCUT2D eigenvalue weighted by atomic mass is 16.5. The maximum Gasteiger partial charge on any atom is 0.307 e. The Kier molecular flexibility index (Phi) is 6.47. The van der Waals surface area contributed by atoms with Crippen LogP contribution in [0.15, 0.2) is 59.4 Å². The van der Waals surface area contributed by atoms with Crippen molar-refractivity contribution in [3.63, 3.8) is 0 Å². The second-order valence-electron chi connectivity index (χ2n) is 8.88. The molecule has 4 aromatic rings. The van der Waals surface area contributed by atoms with Crippen LogP contribution in [0, 0.1) is 0 Å². The molecule has 3 heterocycles. The number of pyridine rings is 1. The van der Waals surface area contributed by atoms with Crippen molar-refractivity contribution in [1.82, 2.24) is 19.8 Å². The number of aromatic nitrogens is 2. The zero-order valence-corrected chi connectivity index (χ0v) is 19.5. The van der Waals surface area contributed by atoms with Gasteiger partial charge < -0.3 is 19.6 Å². The smallest absolute Gasteiger partial charge is 0.307 e. The van der Waals surface area contributed by atoms with E-state index < -0.39 is 0 Å². The summed E-state index contributed by atoms with van der Waals surface area (Å²) in [7, 11) is 0. The number of aromatic amines is 2. The van der Waals surface area contributed by atoms with Crippen LogP contribution in [0.2, 0.25) is 0 Å². The summed E-state index contributed by atoms with van der Waals surface area (Å²) in [5.74, 6) is -0.116. The molecule has 2 aromatic carbocycles. The van der Waals surface area contributed by atoms with Crippen LogP contribution in [0.5, 0.6) is 0 Å². The van der Waals surface area contributed by atoms with Gasteiger partial charge in [-0.05, 0) is 48.2 Å². The second kappa shape index (κ2) is 9.83. The zero-order valence-electron chi connectivity index (χ0n) is 19.5. The molecule has 0 amide bonds. The number of benzene rings is 2. The highest BCUT2D eigenvalue weighted by Gasteiger charge is 2.18. The van der Waals surface area contributed by atoms with Gasteiger partial charge in [-0.25, -0.2) is 0 Å². The lowest BCUT2D eigenvalue weighted by Crippen LogP contribution is -2.46. The summed E-state index contributed by atoms with van der Waals surface area (Å²) >= 11 is 0. The lowest BCUT2D eigenvalue weighted by atomic mass is 10.1. The summed E-state index contributed by atoms with van der Waals surface area (Å²) in [5.41, 5.74) is 4.51. The summed E-state index contributed by atoms with van der Waals surface area (Å²) in [5, 5.41) is 2.12. The number of hydrogen-bond acceptors (Lipinski definition) is 5. The van der Waals surface area contributed by atoms with Crippen molar-refractivity contribution in [3.05, 3.63) is 70.5 Å². The number of hydrogen-bond donors (Lipinski definition) is 2. The average molecular weight is 459 g/mol. The minimum absolute atomic E-state index is 0.0914. The number of piperazine rings is 1. The van der Waals surface area contributed by atoms with Gasteiger partial charge in [0.15, 0.2) is 0 Å². The molecular formula is C27H30N4O3. The quantitative estimate of drug-likeness (QED) is 0.412. The third-order valence-electron chi connectivity index (χ3n) is 6.54. The SMILES string of the molecule is CCOC(=O)CCN1CCN(Cc2ccc3[nH]c(-c4cc5ccccc5[nH]c4=O)cc3c2)CC1. The average Bonchev–Trinajstić information content (AvgIpc) is 3.26. The second-order valence-corrected chi connectivity index (χ2v) is 8.88. The molecule has 1 fully saturated rings. The van der Waals surface area contributed by atoms with Crippen molar-refractivity contribution >= 4 is 27.8 Å². The Morgan fingerprint density at radius 3 is 2.50 bits per heavy atom. The first kappa shape index (κ1) is 22.4. The molecular weight excluding hydrogens is 428 g/mol. The van der Waals surface area contributed by atoms with Gasteiger partial charge in [-0.15, -0.1) is 0 Å². The molecule has 0 atom stereocenters. The highest BCUT2D eigenvalue weighted by Crippen LogP contribution is 2.25. The fraction of sp³-hybridized carbons (Fsp3) is 0.333. The minimum atomic E-state index is -0.116. The molecule has 1 saturated heterocycles. The Hall–Kier alpha value is -3.42. The van der Waals surface area contributed by atoms with Crippen LogP contribution in [0.25, 0.3) is 33.1 Å². The molecule has 2 aromatic heterocycles. The fourth-order valence-corrected chi connectivity index (χ4v) is 4.68. The van der Waals surface area contributed by atoms with E-state index in [1.54, 1.807) is 0 Å². The molecule has 7 heteroatoms. The van der Waals surface area contributed by atoms with Crippen LogP contribution in [0.3, 0.4) is 0 Å². The summed E-state index contributed by atoms with van der Waals surface area (Å²) in [6, 6.07) is 18.3. The fourth-order valence-electron chi connectivity index (χ4n) is 4.68. The molecule has 1 aliphatic rings. The van der Waals surface area contributed by atoms with Crippen molar-refractivity contribution in [2.45, 2.75) is 19.9 Å². The van der Waals surface area contributed by atoms with Crippen LogP contribution >= 0.6 is 0 Å². The van der Waals surface area contributed by atoms with Gasteiger partial charge in [-0.1, -0.05) is 24.3 Å². The Balaban J connectivity index is 1.25. The minimum Gasteiger partial charge on any atom is -0.466 e. The van der Waals surface area contributed by atoms with E-state index in [9.17, 15) is 9.59 Å². The van der Waals surface area contributed by atoms with E-state index in [4.69, 9.17) is 4.74 Å². The monoisotopic (exact) mass is 458 g/mol. The van der Waals surface area contributed by atoms with Crippen molar-refractivity contribution in [1.29, 1.82) is 0 Å². The maximum absolute atomic E-state index is 12.7. The summed E-state index contributed by atoms with van der Waals surface area (Å²) in [6.45, 7) is 7.81. The molecule has 0 radical (unpaired) electrons. The topological polar surface area (TPSA) is 81.4 Å². The lowest BCUT2D eigenvalue weighted by Gasteiger charge is -2.34. The maximum atomic E-state index is 12.7. The van der Waals surface area contributed by atoms with Crippen molar-refractivity contribution in [3.8, 4) is 11.3 Å².